The Morgan fingerprint density at radius 2 is 1.87 bits per heavy atom. The zero-order valence-electron chi connectivity index (χ0n) is 9.42. The van der Waals surface area contributed by atoms with Crippen LogP contribution in [0.5, 0.6) is 0 Å². The maximum atomic E-state index is 6.04. The van der Waals surface area contributed by atoms with Gasteiger partial charge in [0.15, 0.2) is 0 Å². The summed E-state index contributed by atoms with van der Waals surface area (Å²) in [5, 5.41) is 0.465. The van der Waals surface area contributed by atoms with E-state index in [-0.39, 0.29) is 0 Å². The van der Waals surface area contributed by atoms with Crippen molar-refractivity contribution < 1.29 is 0 Å². The summed E-state index contributed by atoms with van der Waals surface area (Å²) in [5.74, 6) is 1.10. The average molecular weight is 229 g/mol. The number of hydrogen-bond donors (Lipinski definition) is 1. The van der Waals surface area contributed by atoms with Crippen molar-refractivity contribution in [3.8, 4) is 0 Å². The normalized spacial score (nSPS) is 11.0. The molecule has 84 valence electrons. The van der Waals surface area contributed by atoms with E-state index in [0.29, 0.717) is 23.3 Å². The van der Waals surface area contributed by atoms with Gasteiger partial charge in [-0.15, -0.1) is 0 Å². The average Bonchev–Trinajstić information content (AvgIpc) is 2.17. The predicted molar refractivity (Wildman–Crippen MR) is 62.8 cm³/mol. The number of anilines is 1. The Kier molecular flexibility index (Phi) is 4.29. The van der Waals surface area contributed by atoms with Crippen molar-refractivity contribution >= 4 is 17.4 Å². The van der Waals surface area contributed by atoms with Crippen molar-refractivity contribution in [1.82, 2.24) is 14.9 Å². The van der Waals surface area contributed by atoms with Crippen LogP contribution in [0.15, 0.2) is 0 Å². The molecule has 0 spiro atoms. The summed E-state index contributed by atoms with van der Waals surface area (Å²) in [7, 11) is 0. The molecule has 1 aromatic heterocycles. The van der Waals surface area contributed by atoms with Crippen LogP contribution in [0, 0.1) is 6.92 Å². The van der Waals surface area contributed by atoms with Crippen LogP contribution in [-0.2, 0) is 6.54 Å². The molecule has 5 heteroatoms. The highest BCUT2D eigenvalue weighted by Crippen LogP contribution is 2.20. The van der Waals surface area contributed by atoms with Crippen molar-refractivity contribution in [2.24, 2.45) is 0 Å². The topological polar surface area (TPSA) is 55.0 Å². The molecular formula is C10H17ClN4. The van der Waals surface area contributed by atoms with E-state index in [1.165, 1.54) is 0 Å². The van der Waals surface area contributed by atoms with Crippen molar-refractivity contribution in [2.45, 2.75) is 27.3 Å². The minimum atomic E-state index is 0.465. The molecule has 0 aliphatic heterocycles. The second-order valence-corrected chi connectivity index (χ2v) is 3.74. The zero-order valence-corrected chi connectivity index (χ0v) is 10.2. The minimum Gasteiger partial charge on any atom is -0.383 e. The van der Waals surface area contributed by atoms with Crippen LogP contribution in [0.25, 0.3) is 0 Å². The number of hydrogen-bond acceptors (Lipinski definition) is 4. The fourth-order valence-corrected chi connectivity index (χ4v) is 1.68. The van der Waals surface area contributed by atoms with E-state index in [4.69, 9.17) is 17.3 Å². The highest BCUT2D eigenvalue weighted by atomic mass is 35.5. The van der Waals surface area contributed by atoms with Crippen LogP contribution in [0.4, 0.5) is 5.82 Å². The van der Waals surface area contributed by atoms with Gasteiger partial charge in [0.2, 0.25) is 0 Å². The Hall–Kier alpha value is -0.870. The Bertz CT molecular complexity index is 313. The van der Waals surface area contributed by atoms with Crippen LogP contribution < -0.4 is 5.73 Å². The lowest BCUT2D eigenvalue weighted by Crippen LogP contribution is -2.23. The van der Waals surface area contributed by atoms with Gasteiger partial charge in [-0.05, 0) is 20.0 Å². The summed E-state index contributed by atoms with van der Waals surface area (Å²) < 4.78 is 0. The number of halogens is 1. The van der Waals surface area contributed by atoms with Gasteiger partial charge in [0.25, 0.3) is 0 Å². The van der Waals surface area contributed by atoms with Crippen molar-refractivity contribution in [1.29, 1.82) is 0 Å². The molecule has 1 heterocycles. The lowest BCUT2D eigenvalue weighted by Gasteiger charge is -2.19. The highest BCUT2D eigenvalue weighted by Gasteiger charge is 2.11. The second-order valence-electron chi connectivity index (χ2n) is 3.39. The van der Waals surface area contributed by atoms with E-state index < -0.39 is 0 Å². The standard InChI is InChI=1S/C10H17ClN4/c1-4-15(5-2)6-8-9(11)13-7(3)14-10(8)12/h4-6H2,1-3H3,(H2,12,13,14). The molecule has 0 atom stereocenters. The monoisotopic (exact) mass is 228 g/mol. The smallest absolute Gasteiger partial charge is 0.139 e. The van der Waals surface area contributed by atoms with Gasteiger partial charge in [-0.1, -0.05) is 25.4 Å². The first-order valence-corrected chi connectivity index (χ1v) is 5.47. The minimum absolute atomic E-state index is 0.465. The summed E-state index contributed by atoms with van der Waals surface area (Å²) in [6, 6.07) is 0. The maximum absolute atomic E-state index is 6.04. The van der Waals surface area contributed by atoms with E-state index in [0.717, 1.165) is 18.7 Å². The molecule has 4 nitrogen and oxygen atoms in total. The van der Waals surface area contributed by atoms with E-state index in [9.17, 15) is 0 Å². The first kappa shape index (κ1) is 12.2. The number of aromatic nitrogens is 2. The van der Waals surface area contributed by atoms with Crippen LogP contribution in [0.1, 0.15) is 25.2 Å². The quantitative estimate of drug-likeness (QED) is 0.800. The van der Waals surface area contributed by atoms with E-state index in [1.54, 1.807) is 6.92 Å². The van der Waals surface area contributed by atoms with Crippen LogP contribution in [0.2, 0.25) is 5.15 Å². The molecule has 0 radical (unpaired) electrons. The number of aryl methyl sites for hydroxylation is 1. The van der Waals surface area contributed by atoms with Gasteiger partial charge < -0.3 is 5.73 Å². The largest absolute Gasteiger partial charge is 0.383 e. The molecule has 0 unspecified atom stereocenters. The van der Waals surface area contributed by atoms with Crippen LogP contribution in [-0.4, -0.2) is 28.0 Å². The zero-order chi connectivity index (χ0) is 11.4. The maximum Gasteiger partial charge on any atom is 0.139 e. The second kappa shape index (κ2) is 5.28. The van der Waals surface area contributed by atoms with Crippen LogP contribution in [0.3, 0.4) is 0 Å². The summed E-state index contributed by atoms with van der Waals surface area (Å²) in [6.45, 7) is 8.60. The first-order valence-electron chi connectivity index (χ1n) is 5.09. The molecule has 0 bridgehead atoms. The summed E-state index contributed by atoms with van der Waals surface area (Å²) >= 11 is 6.04. The molecule has 0 amide bonds. The molecule has 15 heavy (non-hydrogen) atoms. The molecule has 0 aliphatic carbocycles. The van der Waals surface area contributed by atoms with Gasteiger partial charge in [0.1, 0.15) is 16.8 Å². The summed E-state index contributed by atoms with van der Waals surface area (Å²) in [5.41, 5.74) is 6.64. The fourth-order valence-electron chi connectivity index (χ4n) is 1.40. The lowest BCUT2D eigenvalue weighted by atomic mass is 10.2. The predicted octanol–water partition coefficient (Wildman–Crippen LogP) is 1.86. The molecule has 1 rings (SSSR count). The molecule has 0 fully saturated rings. The first-order chi connectivity index (χ1) is 7.08. The van der Waals surface area contributed by atoms with Crippen LogP contribution >= 0.6 is 11.6 Å². The van der Waals surface area contributed by atoms with Gasteiger partial charge in [-0.2, -0.15) is 0 Å². The van der Waals surface area contributed by atoms with E-state index in [2.05, 4.69) is 28.7 Å². The molecule has 0 aliphatic rings. The number of nitrogen functional groups attached to an aromatic ring is 1. The van der Waals surface area contributed by atoms with Gasteiger partial charge >= 0.3 is 0 Å². The Morgan fingerprint density at radius 3 is 2.33 bits per heavy atom. The van der Waals surface area contributed by atoms with Gasteiger partial charge in [-0.25, -0.2) is 9.97 Å². The molecule has 0 saturated carbocycles. The molecule has 0 aromatic carbocycles. The number of nitrogens with two attached hydrogens (primary N) is 1. The van der Waals surface area contributed by atoms with Gasteiger partial charge in [0, 0.05) is 12.1 Å². The summed E-state index contributed by atoms with van der Waals surface area (Å²) in [4.78, 5) is 10.4. The summed E-state index contributed by atoms with van der Waals surface area (Å²) in [6.07, 6.45) is 0. The lowest BCUT2D eigenvalue weighted by molar-refractivity contribution is 0.296. The third-order valence-corrected chi connectivity index (χ3v) is 2.69. The van der Waals surface area contributed by atoms with E-state index in [1.807, 2.05) is 0 Å². The SMILES string of the molecule is CCN(CC)Cc1c(N)nc(C)nc1Cl. The Morgan fingerprint density at radius 1 is 1.27 bits per heavy atom. The highest BCUT2D eigenvalue weighted by molar-refractivity contribution is 6.30. The fraction of sp³-hybridized carbons (Fsp3) is 0.600. The Balaban J connectivity index is 2.94. The van der Waals surface area contributed by atoms with E-state index >= 15 is 0 Å². The third kappa shape index (κ3) is 3.04. The third-order valence-electron chi connectivity index (χ3n) is 2.38. The van der Waals surface area contributed by atoms with Crippen molar-refractivity contribution in [2.75, 3.05) is 18.8 Å². The number of rotatable bonds is 4. The Labute approximate surface area is 95.5 Å². The van der Waals surface area contributed by atoms with Crippen molar-refractivity contribution in [3.05, 3.63) is 16.5 Å². The molecular weight excluding hydrogens is 212 g/mol. The van der Waals surface area contributed by atoms with Gasteiger partial charge in [0.05, 0.1) is 0 Å². The van der Waals surface area contributed by atoms with Crippen molar-refractivity contribution in [3.63, 3.8) is 0 Å². The molecule has 2 N–H and O–H groups in total. The van der Waals surface area contributed by atoms with Gasteiger partial charge in [-0.3, -0.25) is 4.90 Å². The molecule has 1 aromatic rings. The number of nitrogens with zero attached hydrogens (tertiary/aromatic N) is 3. The molecule has 0 saturated heterocycles.